The molecule has 0 saturated carbocycles. The normalized spacial score (nSPS) is 23.6. The van der Waals surface area contributed by atoms with Crippen molar-refractivity contribution in [3.8, 4) is 0 Å². The van der Waals surface area contributed by atoms with Crippen molar-refractivity contribution >= 4 is 23.2 Å². The number of anilines is 1. The zero-order chi connectivity index (χ0) is 8.55. The second kappa shape index (κ2) is 2.79. The van der Waals surface area contributed by atoms with Crippen molar-refractivity contribution in [2.24, 2.45) is 0 Å². The average Bonchev–Trinajstić information content (AvgIpc) is 2.58. The van der Waals surface area contributed by atoms with Crippen molar-refractivity contribution < 1.29 is 4.79 Å². The largest absolute Gasteiger partial charge is 0.308 e. The molecular formula is C7H8ClN3O. The molecule has 1 fully saturated rings. The van der Waals surface area contributed by atoms with Crippen molar-refractivity contribution in [3.05, 3.63) is 12.4 Å². The fourth-order valence-electron chi connectivity index (χ4n) is 1.31. The van der Waals surface area contributed by atoms with Gasteiger partial charge in [-0.05, 0) is 0 Å². The lowest BCUT2D eigenvalue weighted by atomic mass is 10.4. The quantitative estimate of drug-likeness (QED) is 0.657. The van der Waals surface area contributed by atoms with Crippen molar-refractivity contribution in [1.29, 1.82) is 0 Å². The number of nitrogens with one attached hydrogen (secondary N) is 1. The molecule has 0 aromatic carbocycles. The maximum atomic E-state index is 11.3. The highest BCUT2D eigenvalue weighted by atomic mass is 35.5. The Balaban J connectivity index is 2.21. The van der Waals surface area contributed by atoms with Gasteiger partial charge in [0.25, 0.3) is 0 Å². The Kier molecular flexibility index (Phi) is 1.77. The number of alkyl halides is 1. The fraction of sp³-hybridized carbons (Fsp3) is 0.429. The van der Waals surface area contributed by atoms with Crippen LogP contribution in [0.25, 0.3) is 0 Å². The molecule has 1 aliphatic heterocycles. The molecule has 1 aromatic heterocycles. The summed E-state index contributed by atoms with van der Waals surface area (Å²) in [5.41, 5.74) is 0.795. The number of nitrogens with zero attached hydrogens (tertiary/aromatic N) is 2. The summed E-state index contributed by atoms with van der Waals surface area (Å²) in [6, 6.07) is 0. The van der Waals surface area contributed by atoms with Gasteiger partial charge in [0, 0.05) is 19.2 Å². The van der Waals surface area contributed by atoms with Crippen LogP contribution >= 0.6 is 11.6 Å². The van der Waals surface area contributed by atoms with Crippen LogP contribution in [0.15, 0.2) is 12.4 Å². The van der Waals surface area contributed by atoms with Crippen LogP contribution in [0.3, 0.4) is 0 Å². The van der Waals surface area contributed by atoms with Crippen LogP contribution in [0.2, 0.25) is 0 Å². The summed E-state index contributed by atoms with van der Waals surface area (Å²) in [5.74, 6) is 0.0661. The Morgan fingerprint density at radius 2 is 2.58 bits per heavy atom. The first-order chi connectivity index (χ1) is 5.77. The van der Waals surface area contributed by atoms with Gasteiger partial charge in [-0.3, -0.25) is 9.89 Å². The summed E-state index contributed by atoms with van der Waals surface area (Å²) in [4.78, 5) is 12.9. The van der Waals surface area contributed by atoms with E-state index in [1.807, 2.05) is 0 Å². The van der Waals surface area contributed by atoms with E-state index >= 15 is 0 Å². The van der Waals surface area contributed by atoms with Crippen LogP contribution in [0.5, 0.6) is 0 Å². The highest BCUT2D eigenvalue weighted by Gasteiger charge is 2.29. The number of carbonyl (C=O) groups is 1. The summed E-state index contributed by atoms with van der Waals surface area (Å²) in [6.45, 7) is 0.583. The van der Waals surface area contributed by atoms with E-state index in [9.17, 15) is 4.79 Å². The molecular weight excluding hydrogens is 178 g/mol. The average molecular weight is 186 g/mol. The van der Waals surface area contributed by atoms with Crippen LogP contribution in [-0.2, 0) is 4.79 Å². The van der Waals surface area contributed by atoms with E-state index in [1.54, 1.807) is 17.3 Å². The molecule has 4 nitrogen and oxygen atoms in total. The molecule has 1 aliphatic rings. The monoisotopic (exact) mass is 185 g/mol. The highest BCUT2D eigenvalue weighted by molar-refractivity contribution is 6.24. The molecule has 2 rings (SSSR count). The Morgan fingerprint density at radius 1 is 1.75 bits per heavy atom. The standard InChI is InChI=1S/C7H8ClN3O/c8-5-1-7(12)11(4-5)6-2-9-10-3-6/h2-3,5H,1,4H2,(H,9,10). The molecule has 0 bridgehead atoms. The number of halogens is 1. The molecule has 5 heteroatoms. The number of hydrogen-bond donors (Lipinski definition) is 1. The third-order valence-electron chi connectivity index (χ3n) is 1.87. The minimum absolute atomic E-state index is 0.0626. The Labute approximate surface area is 74.5 Å². The van der Waals surface area contributed by atoms with Crippen molar-refractivity contribution in [1.82, 2.24) is 10.2 Å². The van der Waals surface area contributed by atoms with E-state index in [4.69, 9.17) is 11.6 Å². The minimum atomic E-state index is -0.0626. The molecule has 12 heavy (non-hydrogen) atoms. The van der Waals surface area contributed by atoms with Crippen molar-refractivity contribution in [3.63, 3.8) is 0 Å². The van der Waals surface area contributed by atoms with Gasteiger partial charge in [-0.2, -0.15) is 5.10 Å². The van der Waals surface area contributed by atoms with Crippen LogP contribution in [0.1, 0.15) is 6.42 Å². The summed E-state index contributed by atoms with van der Waals surface area (Å²) in [5, 5.41) is 6.36. The molecule has 0 radical (unpaired) electrons. The molecule has 1 N–H and O–H groups in total. The summed E-state index contributed by atoms with van der Waals surface area (Å²) in [6.07, 6.45) is 3.73. The summed E-state index contributed by atoms with van der Waals surface area (Å²) < 4.78 is 0. The number of amides is 1. The van der Waals surface area contributed by atoms with Gasteiger partial charge < -0.3 is 4.90 Å². The van der Waals surface area contributed by atoms with Gasteiger partial charge in [-0.1, -0.05) is 0 Å². The number of aromatic nitrogens is 2. The second-order valence-corrected chi connectivity index (χ2v) is 3.38. The molecule has 1 aromatic rings. The zero-order valence-electron chi connectivity index (χ0n) is 6.33. The molecule has 0 spiro atoms. The summed E-state index contributed by atoms with van der Waals surface area (Å²) in [7, 11) is 0. The molecule has 2 heterocycles. The minimum Gasteiger partial charge on any atom is -0.308 e. The Bertz CT molecular complexity index is 285. The number of carbonyl (C=O) groups excluding carboxylic acids is 1. The van der Waals surface area contributed by atoms with Gasteiger partial charge in [0.2, 0.25) is 5.91 Å². The third-order valence-corrected chi connectivity index (χ3v) is 2.17. The molecule has 0 aliphatic carbocycles. The predicted octanol–water partition coefficient (Wildman–Crippen LogP) is 0.754. The van der Waals surface area contributed by atoms with Gasteiger partial charge in [0.1, 0.15) is 0 Å². The van der Waals surface area contributed by atoms with Gasteiger partial charge in [0.05, 0.1) is 17.3 Å². The van der Waals surface area contributed by atoms with Crippen LogP contribution in [0, 0.1) is 0 Å². The van der Waals surface area contributed by atoms with Gasteiger partial charge in [0.15, 0.2) is 0 Å². The van der Waals surface area contributed by atoms with E-state index in [2.05, 4.69) is 10.2 Å². The first kappa shape index (κ1) is 7.61. The van der Waals surface area contributed by atoms with E-state index in [-0.39, 0.29) is 11.3 Å². The molecule has 1 unspecified atom stereocenters. The van der Waals surface area contributed by atoms with E-state index < -0.39 is 0 Å². The number of H-pyrrole nitrogens is 1. The Hall–Kier alpha value is -1.03. The lowest BCUT2D eigenvalue weighted by Crippen LogP contribution is -2.23. The first-order valence-electron chi connectivity index (χ1n) is 3.70. The third kappa shape index (κ3) is 1.18. The lowest BCUT2D eigenvalue weighted by molar-refractivity contribution is -0.117. The molecule has 1 atom stereocenters. The van der Waals surface area contributed by atoms with Crippen LogP contribution in [-0.4, -0.2) is 28.0 Å². The first-order valence-corrected chi connectivity index (χ1v) is 4.14. The van der Waals surface area contributed by atoms with Crippen LogP contribution < -0.4 is 4.90 Å². The van der Waals surface area contributed by atoms with E-state index in [0.717, 1.165) is 5.69 Å². The highest BCUT2D eigenvalue weighted by Crippen LogP contribution is 2.22. The molecule has 1 amide bonds. The smallest absolute Gasteiger partial charge is 0.228 e. The van der Waals surface area contributed by atoms with Crippen molar-refractivity contribution in [2.75, 3.05) is 11.4 Å². The van der Waals surface area contributed by atoms with Crippen LogP contribution in [0.4, 0.5) is 5.69 Å². The van der Waals surface area contributed by atoms with Gasteiger partial charge in [-0.15, -0.1) is 11.6 Å². The maximum Gasteiger partial charge on any atom is 0.228 e. The fourth-order valence-corrected chi connectivity index (χ4v) is 1.58. The van der Waals surface area contributed by atoms with Gasteiger partial charge in [-0.25, -0.2) is 0 Å². The maximum absolute atomic E-state index is 11.3. The Morgan fingerprint density at radius 3 is 3.08 bits per heavy atom. The molecule has 64 valence electrons. The number of aromatic amines is 1. The zero-order valence-corrected chi connectivity index (χ0v) is 7.08. The van der Waals surface area contributed by atoms with E-state index in [0.29, 0.717) is 13.0 Å². The number of rotatable bonds is 1. The molecule has 1 saturated heterocycles. The predicted molar refractivity (Wildman–Crippen MR) is 45.2 cm³/mol. The summed E-state index contributed by atoms with van der Waals surface area (Å²) >= 11 is 5.83. The van der Waals surface area contributed by atoms with E-state index in [1.165, 1.54) is 0 Å². The number of hydrogen-bond acceptors (Lipinski definition) is 2. The van der Waals surface area contributed by atoms with Crippen molar-refractivity contribution in [2.45, 2.75) is 11.8 Å². The topological polar surface area (TPSA) is 49.0 Å². The van der Waals surface area contributed by atoms with Gasteiger partial charge >= 0.3 is 0 Å². The lowest BCUT2D eigenvalue weighted by Gasteiger charge is -2.11. The SMILES string of the molecule is O=C1CC(Cl)CN1c1cn[nH]c1. The second-order valence-electron chi connectivity index (χ2n) is 2.76.